The Kier molecular flexibility index (Phi) is 8.17. The molecule has 0 heterocycles. The zero-order valence-corrected chi connectivity index (χ0v) is 18.1. The molecule has 3 unspecified atom stereocenters. The molecule has 2 amide bonds. The number of amides is 2. The number of carbonyl (C=O) groups is 2. The minimum absolute atomic E-state index is 0. The van der Waals surface area contributed by atoms with Gasteiger partial charge in [0.05, 0.1) is 10.6 Å². The lowest BCUT2D eigenvalue weighted by molar-refractivity contribution is -0.126. The van der Waals surface area contributed by atoms with Gasteiger partial charge in [-0.2, -0.15) is 0 Å². The third kappa shape index (κ3) is 5.19. The fraction of sp³-hybridized carbons (Fsp3) is 0.619. The van der Waals surface area contributed by atoms with Gasteiger partial charge in [-0.25, -0.2) is 0 Å². The summed E-state index contributed by atoms with van der Waals surface area (Å²) < 4.78 is 0. The van der Waals surface area contributed by atoms with Crippen molar-refractivity contribution in [3.63, 3.8) is 0 Å². The monoisotopic (exact) mass is 427 g/mol. The van der Waals surface area contributed by atoms with Crippen LogP contribution in [0.2, 0.25) is 5.02 Å². The average Bonchev–Trinajstić information content (AvgIpc) is 2.60. The third-order valence-corrected chi connectivity index (χ3v) is 6.37. The normalized spacial score (nSPS) is 27.5. The molecule has 0 saturated heterocycles. The summed E-state index contributed by atoms with van der Waals surface area (Å²) in [5, 5.41) is 6.51. The molecule has 156 valence electrons. The summed E-state index contributed by atoms with van der Waals surface area (Å²) in [6, 6.07) is 6.70. The lowest BCUT2D eigenvalue weighted by atomic mass is 9.67. The quantitative estimate of drug-likeness (QED) is 0.671. The molecule has 1 aromatic carbocycles. The van der Waals surface area contributed by atoms with E-state index in [0.717, 1.165) is 25.7 Å². The average molecular weight is 428 g/mol. The van der Waals surface area contributed by atoms with E-state index in [1.807, 2.05) is 13.8 Å². The second-order valence-electron chi connectivity index (χ2n) is 8.39. The molecular formula is C21H31Cl2N3O2. The van der Waals surface area contributed by atoms with Crippen LogP contribution in [0, 0.1) is 17.8 Å². The Morgan fingerprint density at radius 1 is 1.14 bits per heavy atom. The molecule has 0 aliphatic heterocycles. The Bertz CT molecular complexity index is 684. The van der Waals surface area contributed by atoms with E-state index in [-0.39, 0.29) is 42.2 Å². The van der Waals surface area contributed by atoms with Gasteiger partial charge in [-0.05, 0) is 55.6 Å². The van der Waals surface area contributed by atoms with Crippen molar-refractivity contribution < 1.29 is 9.59 Å². The summed E-state index contributed by atoms with van der Waals surface area (Å²) in [4.78, 5) is 25.7. The van der Waals surface area contributed by atoms with Crippen molar-refractivity contribution in [2.24, 2.45) is 23.5 Å². The van der Waals surface area contributed by atoms with Gasteiger partial charge in [0, 0.05) is 12.1 Å². The van der Waals surface area contributed by atoms with Gasteiger partial charge in [-0.1, -0.05) is 44.0 Å². The Hall–Kier alpha value is -1.30. The molecule has 3 atom stereocenters. The first-order valence-corrected chi connectivity index (χ1v) is 10.4. The van der Waals surface area contributed by atoms with Crippen LogP contribution in [0.1, 0.15) is 56.3 Å². The molecule has 28 heavy (non-hydrogen) atoms. The van der Waals surface area contributed by atoms with Gasteiger partial charge in [-0.3, -0.25) is 9.59 Å². The van der Waals surface area contributed by atoms with E-state index < -0.39 is 6.04 Å². The van der Waals surface area contributed by atoms with E-state index in [0.29, 0.717) is 22.4 Å². The van der Waals surface area contributed by atoms with E-state index in [1.54, 1.807) is 24.3 Å². The molecule has 2 saturated carbocycles. The molecule has 0 radical (unpaired) electrons. The molecule has 2 bridgehead atoms. The van der Waals surface area contributed by atoms with Gasteiger partial charge in [0.1, 0.15) is 6.04 Å². The van der Waals surface area contributed by atoms with Crippen molar-refractivity contribution in [2.45, 2.75) is 64.1 Å². The lowest BCUT2D eigenvalue weighted by Crippen LogP contribution is -2.58. The first kappa shape index (κ1) is 23.0. The zero-order chi connectivity index (χ0) is 19.6. The Labute approximate surface area is 178 Å². The maximum Gasteiger partial charge on any atom is 0.253 e. The Balaban J connectivity index is 0.00000280. The predicted octanol–water partition coefficient (Wildman–Crippen LogP) is 3.54. The van der Waals surface area contributed by atoms with Gasteiger partial charge in [0.2, 0.25) is 5.91 Å². The van der Waals surface area contributed by atoms with Crippen LogP contribution in [-0.4, -0.2) is 29.9 Å². The molecule has 0 aromatic heterocycles. The highest BCUT2D eigenvalue weighted by molar-refractivity contribution is 6.33. The topological polar surface area (TPSA) is 84.2 Å². The molecule has 5 nitrogen and oxygen atoms in total. The molecule has 1 aromatic rings. The predicted molar refractivity (Wildman–Crippen MR) is 115 cm³/mol. The molecule has 4 N–H and O–H groups in total. The number of nitrogens with two attached hydrogens (primary N) is 1. The summed E-state index contributed by atoms with van der Waals surface area (Å²) >= 11 is 6.12. The second kappa shape index (κ2) is 9.95. The number of halogens is 2. The number of fused-ring (bicyclic) bond motifs is 2. The van der Waals surface area contributed by atoms with E-state index in [2.05, 4.69) is 10.6 Å². The van der Waals surface area contributed by atoms with Crippen molar-refractivity contribution >= 4 is 35.8 Å². The summed E-state index contributed by atoms with van der Waals surface area (Å²) in [6.07, 6.45) is 5.39. The molecule has 2 fully saturated rings. The van der Waals surface area contributed by atoms with Gasteiger partial charge in [-0.15, -0.1) is 12.4 Å². The molecule has 7 heteroatoms. The molecule has 3 rings (SSSR count). The summed E-state index contributed by atoms with van der Waals surface area (Å²) in [5.41, 5.74) is 6.58. The highest BCUT2D eigenvalue weighted by Crippen LogP contribution is 2.39. The van der Waals surface area contributed by atoms with Crippen molar-refractivity contribution in [1.82, 2.24) is 10.6 Å². The van der Waals surface area contributed by atoms with Gasteiger partial charge in [0.25, 0.3) is 5.91 Å². The number of nitrogens with one attached hydrogen (secondary N) is 2. The SMILES string of the molecule is CC(C)C(NC(=O)c1ccccc1Cl)C(=O)NC1C2CCCC1CC(N)C2.Cl. The number of rotatable bonds is 5. The Morgan fingerprint density at radius 3 is 2.32 bits per heavy atom. The summed E-state index contributed by atoms with van der Waals surface area (Å²) in [7, 11) is 0. The second-order valence-corrected chi connectivity index (χ2v) is 8.80. The van der Waals surface area contributed by atoms with Crippen LogP contribution in [0.5, 0.6) is 0 Å². The molecule has 2 aliphatic carbocycles. The number of carbonyl (C=O) groups excluding carboxylic acids is 2. The molecular weight excluding hydrogens is 397 g/mol. The number of hydrogen-bond donors (Lipinski definition) is 3. The van der Waals surface area contributed by atoms with Crippen LogP contribution in [0.4, 0.5) is 0 Å². The van der Waals surface area contributed by atoms with E-state index >= 15 is 0 Å². The first-order valence-electron chi connectivity index (χ1n) is 9.98. The smallest absolute Gasteiger partial charge is 0.253 e. The van der Waals surface area contributed by atoms with E-state index in [9.17, 15) is 9.59 Å². The Morgan fingerprint density at radius 2 is 1.75 bits per heavy atom. The first-order chi connectivity index (χ1) is 12.9. The maximum absolute atomic E-state index is 13.0. The summed E-state index contributed by atoms with van der Waals surface area (Å²) in [5.74, 6) is 0.442. The number of benzene rings is 1. The lowest BCUT2D eigenvalue weighted by Gasteiger charge is -2.45. The van der Waals surface area contributed by atoms with E-state index in [4.69, 9.17) is 17.3 Å². The maximum atomic E-state index is 13.0. The highest BCUT2D eigenvalue weighted by Gasteiger charge is 2.41. The van der Waals surface area contributed by atoms with Gasteiger partial charge < -0.3 is 16.4 Å². The van der Waals surface area contributed by atoms with Crippen LogP contribution >= 0.6 is 24.0 Å². The standard InChI is InChI=1S/C21H30ClN3O2.ClH/c1-12(2)18(24-20(26)16-8-3-4-9-17(16)22)21(27)25-19-13-6-5-7-14(19)11-15(23)10-13;/h3-4,8-9,12-15,18-19H,5-7,10-11,23H2,1-2H3,(H,24,26)(H,25,27);1H. The summed E-state index contributed by atoms with van der Waals surface area (Å²) in [6.45, 7) is 3.88. The van der Waals surface area contributed by atoms with Gasteiger partial charge >= 0.3 is 0 Å². The molecule has 0 spiro atoms. The van der Waals surface area contributed by atoms with Crippen LogP contribution in [-0.2, 0) is 4.79 Å². The minimum Gasteiger partial charge on any atom is -0.351 e. The van der Waals surface area contributed by atoms with Crippen molar-refractivity contribution in [2.75, 3.05) is 0 Å². The van der Waals surface area contributed by atoms with Crippen LogP contribution < -0.4 is 16.4 Å². The fourth-order valence-electron chi connectivity index (χ4n) is 4.68. The van der Waals surface area contributed by atoms with Crippen molar-refractivity contribution in [3.05, 3.63) is 34.9 Å². The number of hydrogen-bond acceptors (Lipinski definition) is 3. The minimum atomic E-state index is -0.593. The van der Waals surface area contributed by atoms with Gasteiger partial charge in [0.15, 0.2) is 0 Å². The highest BCUT2D eigenvalue weighted by atomic mass is 35.5. The van der Waals surface area contributed by atoms with Crippen LogP contribution in [0.15, 0.2) is 24.3 Å². The third-order valence-electron chi connectivity index (χ3n) is 6.04. The van der Waals surface area contributed by atoms with Crippen LogP contribution in [0.3, 0.4) is 0 Å². The van der Waals surface area contributed by atoms with Crippen molar-refractivity contribution in [3.8, 4) is 0 Å². The van der Waals surface area contributed by atoms with Crippen LogP contribution in [0.25, 0.3) is 0 Å². The van der Waals surface area contributed by atoms with Crippen molar-refractivity contribution in [1.29, 1.82) is 0 Å². The molecule has 2 aliphatic rings. The van der Waals surface area contributed by atoms with E-state index in [1.165, 1.54) is 6.42 Å². The fourth-order valence-corrected chi connectivity index (χ4v) is 4.90. The zero-order valence-electron chi connectivity index (χ0n) is 16.5. The largest absolute Gasteiger partial charge is 0.351 e.